The summed E-state index contributed by atoms with van der Waals surface area (Å²) in [6.07, 6.45) is -1.63. The number of hydrogen-bond acceptors (Lipinski definition) is 6. The summed E-state index contributed by atoms with van der Waals surface area (Å²) < 4.78 is 14.6. The number of rotatable bonds is 8. The van der Waals surface area contributed by atoms with Crippen LogP contribution >= 0.6 is 0 Å². The van der Waals surface area contributed by atoms with Gasteiger partial charge in [0, 0.05) is 0 Å². The second kappa shape index (κ2) is 10.3. The Kier molecular flexibility index (Phi) is 8.46. The molecule has 0 spiro atoms. The summed E-state index contributed by atoms with van der Waals surface area (Å²) in [5.74, 6) is -0.954. The van der Waals surface area contributed by atoms with Gasteiger partial charge >= 0.3 is 12.1 Å². The van der Waals surface area contributed by atoms with Crippen LogP contribution < -0.4 is 5.32 Å². The number of nitrogens with one attached hydrogen (secondary N) is 1. The van der Waals surface area contributed by atoms with E-state index in [1.54, 1.807) is 12.1 Å². The zero-order valence-corrected chi connectivity index (χ0v) is 15.0. The van der Waals surface area contributed by atoms with Gasteiger partial charge in [-0.15, -0.1) is 0 Å². The SMILES string of the molecule is COC(=O)C(CC(C)C)NC(=O)C(C)OC(=O)OCc1ccccc1. The molecule has 1 aromatic rings. The van der Waals surface area contributed by atoms with Gasteiger partial charge in [-0.3, -0.25) is 4.79 Å². The van der Waals surface area contributed by atoms with Crippen molar-refractivity contribution in [2.45, 2.75) is 45.9 Å². The van der Waals surface area contributed by atoms with Crippen molar-refractivity contribution in [2.75, 3.05) is 7.11 Å². The zero-order valence-electron chi connectivity index (χ0n) is 15.0. The van der Waals surface area contributed by atoms with Crippen molar-refractivity contribution < 1.29 is 28.6 Å². The smallest absolute Gasteiger partial charge is 0.467 e. The van der Waals surface area contributed by atoms with Gasteiger partial charge < -0.3 is 19.5 Å². The third-order valence-electron chi connectivity index (χ3n) is 3.35. The number of hydrogen-bond donors (Lipinski definition) is 1. The van der Waals surface area contributed by atoms with Crippen LogP contribution in [0, 0.1) is 5.92 Å². The summed E-state index contributed by atoms with van der Waals surface area (Å²) in [5, 5.41) is 2.53. The maximum absolute atomic E-state index is 12.1. The summed E-state index contributed by atoms with van der Waals surface area (Å²) in [5.41, 5.74) is 0.805. The van der Waals surface area contributed by atoms with Crippen LogP contribution in [0.25, 0.3) is 0 Å². The number of benzene rings is 1. The number of methoxy groups -OCH3 is 1. The molecule has 0 aromatic heterocycles. The molecule has 7 heteroatoms. The van der Waals surface area contributed by atoms with E-state index in [2.05, 4.69) is 10.1 Å². The van der Waals surface area contributed by atoms with Gasteiger partial charge in [-0.2, -0.15) is 0 Å². The molecule has 1 amide bonds. The molecule has 0 saturated carbocycles. The lowest BCUT2D eigenvalue weighted by atomic mass is 10.0. The van der Waals surface area contributed by atoms with Crippen LogP contribution in [0.2, 0.25) is 0 Å². The number of amides is 1. The van der Waals surface area contributed by atoms with E-state index >= 15 is 0 Å². The highest BCUT2D eigenvalue weighted by molar-refractivity contribution is 5.87. The molecular weight excluding hydrogens is 326 g/mol. The van der Waals surface area contributed by atoms with Crippen molar-refractivity contribution in [1.29, 1.82) is 0 Å². The van der Waals surface area contributed by atoms with E-state index in [1.165, 1.54) is 14.0 Å². The van der Waals surface area contributed by atoms with Gasteiger partial charge in [0.2, 0.25) is 0 Å². The Morgan fingerprint density at radius 3 is 2.28 bits per heavy atom. The first-order chi connectivity index (χ1) is 11.8. The Morgan fingerprint density at radius 2 is 1.72 bits per heavy atom. The maximum Gasteiger partial charge on any atom is 0.509 e. The molecule has 7 nitrogen and oxygen atoms in total. The fourth-order valence-corrected chi connectivity index (χ4v) is 2.07. The van der Waals surface area contributed by atoms with E-state index in [9.17, 15) is 14.4 Å². The third-order valence-corrected chi connectivity index (χ3v) is 3.35. The topological polar surface area (TPSA) is 90.9 Å². The highest BCUT2D eigenvalue weighted by atomic mass is 16.7. The lowest BCUT2D eigenvalue weighted by Gasteiger charge is -2.20. The minimum absolute atomic E-state index is 0.0478. The first-order valence-electron chi connectivity index (χ1n) is 8.09. The van der Waals surface area contributed by atoms with Crippen molar-refractivity contribution in [1.82, 2.24) is 5.32 Å². The first-order valence-corrected chi connectivity index (χ1v) is 8.09. The Bertz CT molecular complexity index is 572. The molecule has 138 valence electrons. The van der Waals surface area contributed by atoms with Gasteiger partial charge in [0.15, 0.2) is 6.10 Å². The van der Waals surface area contributed by atoms with E-state index < -0.39 is 30.2 Å². The van der Waals surface area contributed by atoms with E-state index in [0.29, 0.717) is 6.42 Å². The van der Waals surface area contributed by atoms with Crippen LogP contribution in [0.3, 0.4) is 0 Å². The van der Waals surface area contributed by atoms with Crippen molar-refractivity contribution in [3.05, 3.63) is 35.9 Å². The van der Waals surface area contributed by atoms with Gasteiger partial charge in [0.05, 0.1) is 7.11 Å². The standard InChI is InChI=1S/C18H25NO6/c1-12(2)10-15(17(21)23-4)19-16(20)13(3)25-18(22)24-11-14-8-6-5-7-9-14/h5-9,12-13,15H,10-11H2,1-4H3,(H,19,20). The average Bonchev–Trinajstić information content (AvgIpc) is 2.59. The van der Waals surface area contributed by atoms with Crippen LogP contribution in [0.15, 0.2) is 30.3 Å². The summed E-state index contributed by atoms with van der Waals surface area (Å²) in [4.78, 5) is 35.5. The molecule has 1 N–H and O–H groups in total. The Balaban J connectivity index is 2.48. The molecule has 2 unspecified atom stereocenters. The predicted molar refractivity (Wildman–Crippen MR) is 90.6 cm³/mol. The molecule has 2 atom stereocenters. The van der Waals surface area contributed by atoms with E-state index in [-0.39, 0.29) is 12.5 Å². The van der Waals surface area contributed by atoms with Crippen LogP contribution in [0.1, 0.15) is 32.8 Å². The molecule has 25 heavy (non-hydrogen) atoms. The number of ether oxygens (including phenoxy) is 3. The Hall–Kier alpha value is -2.57. The van der Waals surface area contributed by atoms with E-state index in [4.69, 9.17) is 9.47 Å². The van der Waals surface area contributed by atoms with Gasteiger partial charge in [0.1, 0.15) is 12.6 Å². The van der Waals surface area contributed by atoms with Crippen LogP contribution in [0.5, 0.6) is 0 Å². The van der Waals surface area contributed by atoms with Gasteiger partial charge in [-0.05, 0) is 24.8 Å². The molecule has 0 radical (unpaired) electrons. The molecule has 0 aliphatic rings. The first kappa shape index (κ1) is 20.5. The average molecular weight is 351 g/mol. The summed E-state index contributed by atoms with van der Waals surface area (Å²) >= 11 is 0. The maximum atomic E-state index is 12.1. The van der Waals surface area contributed by atoms with Crippen LogP contribution in [0.4, 0.5) is 4.79 Å². The van der Waals surface area contributed by atoms with Gasteiger partial charge in [-0.25, -0.2) is 9.59 Å². The number of esters is 1. The molecule has 0 aliphatic carbocycles. The highest BCUT2D eigenvalue weighted by Gasteiger charge is 2.26. The summed E-state index contributed by atoms with van der Waals surface area (Å²) in [7, 11) is 1.25. The lowest BCUT2D eigenvalue weighted by Crippen LogP contribution is -2.46. The predicted octanol–water partition coefficient (Wildman–Crippen LogP) is 2.43. The van der Waals surface area contributed by atoms with Gasteiger partial charge in [0.25, 0.3) is 5.91 Å². The summed E-state index contributed by atoms with van der Waals surface area (Å²) in [6.45, 7) is 5.29. The molecule has 0 aliphatic heterocycles. The molecule has 1 rings (SSSR count). The fraction of sp³-hybridized carbons (Fsp3) is 0.500. The molecule has 0 heterocycles. The van der Waals surface area contributed by atoms with E-state index in [1.807, 2.05) is 32.0 Å². The number of carbonyl (C=O) groups is 3. The van der Waals surface area contributed by atoms with Gasteiger partial charge in [-0.1, -0.05) is 44.2 Å². The molecule has 0 fully saturated rings. The summed E-state index contributed by atoms with van der Waals surface area (Å²) in [6, 6.07) is 8.31. The zero-order chi connectivity index (χ0) is 18.8. The van der Waals surface area contributed by atoms with Crippen molar-refractivity contribution in [3.63, 3.8) is 0 Å². The molecule has 0 saturated heterocycles. The minimum atomic E-state index is -1.09. The minimum Gasteiger partial charge on any atom is -0.467 e. The Morgan fingerprint density at radius 1 is 1.08 bits per heavy atom. The molecule has 0 bridgehead atoms. The monoisotopic (exact) mass is 351 g/mol. The van der Waals surface area contributed by atoms with Crippen molar-refractivity contribution in [3.8, 4) is 0 Å². The van der Waals surface area contributed by atoms with Crippen molar-refractivity contribution in [2.24, 2.45) is 5.92 Å². The number of carbonyl (C=O) groups excluding carboxylic acids is 3. The second-order valence-corrected chi connectivity index (χ2v) is 6.00. The molecule has 1 aromatic carbocycles. The normalized spacial score (nSPS) is 12.8. The molecular formula is C18H25NO6. The van der Waals surface area contributed by atoms with Crippen LogP contribution in [-0.4, -0.2) is 37.3 Å². The second-order valence-electron chi connectivity index (χ2n) is 6.00. The quantitative estimate of drug-likeness (QED) is 0.723. The van der Waals surface area contributed by atoms with Crippen molar-refractivity contribution >= 4 is 18.0 Å². The Labute approximate surface area is 147 Å². The van der Waals surface area contributed by atoms with Crippen LogP contribution in [-0.2, 0) is 30.4 Å². The fourth-order valence-electron chi connectivity index (χ4n) is 2.07. The highest BCUT2D eigenvalue weighted by Crippen LogP contribution is 2.08. The third kappa shape index (κ3) is 7.69. The van der Waals surface area contributed by atoms with E-state index in [0.717, 1.165) is 5.56 Å². The largest absolute Gasteiger partial charge is 0.509 e. The lowest BCUT2D eigenvalue weighted by molar-refractivity contribution is -0.146.